The molecule has 0 spiro atoms. The summed E-state index contributed by atoms with van der Waals surface area (Å²) in [5.41, 5.74) is 2.22. The molecule has 1 rings (SSSR count). The lowest BCUT2D eigenvalue weighted by Crippen LogP contribution is -2.25. The molecular formula is C15H24O2S. The molecule has 1 aromatic carbocycles. The van der Waals surface area contributed by atoms with Crippen LogP contribution in [-0.4, -0.2) is 8.76 Å². The van der Waals surface area contributed by atoms with Crippen LogP contribution in [0.2, 0.25) is 0 Å². The van der Waals surface area contributed by atoms with Gasteiger partial charge in [-0.25, -0.2) is 4.21 Å². The molecule has 3 heteroatoms. The molecule has 18 heavy (non-hydrogen) atoms. The molecule has 0 radical (unpaired) electrons. The standard InChI is InChI=1S/C15H24O2S/c1-11-7-8-12(9-13(11)18(16)17)15(5,6)10-14(2,3)4/h7-9H,10H2,1-6H3,(H,16,17). The lowest BCUT2D eigenvalue weighted by atomic mass is 9.72. The van der Waals surface area contributed by atoms with Gasteiger partial charge in [0.1, 0.15) is 0 Å². The van der Waals surface area contributed by atoms with Crippen molar-refractivity contribution >= 4 is 11.1 Å². The largest absolute Gasteiger partial charge is 0.302 e. The third-order valence-corrected chi connectivity index (χ3v) is 3.95. The van der Waals surface area contributed by atoms with Gasteiger partial charge < -0.3 is 4.55 Å². The molecule has 1 atom stereocenters. The van der Waals surface area contributed by atoms with E-state index >= 15 is 0 Å². The minimum atomic E-state index is -1.91. The van der Waals surface area contributed by atoms with E-state index in [1.807, 2.05) is 19.1 Å². The topological polar surface area (TPSA) is 37.3 Å². The summed E-state index contributed by atoms with van der Waals surface area (Å²) in [6.07, 6.45) is 1.03. The van der Waals surface area contributed by atoms with E-state index in [-0.39, 0.29) is 10.8 Å². The Bertz CT molecular complexity index is 456. The molecule has 1 N–H and O–H groups in total. The van der Waals surface area contributed by atoms with E-state index < -0.39 is 11.1 Å². The molecule has 2 nitrogen and oxygen atoms in total. The van der Waals surface area contributed by atoms with Crippen molar-refractivity contribution in [3.63, 3.8) is 0 Å². The number of hydrogen-bond acceptors (Lipinski definition) is 1. The lowest BCUT2D eigenvalue weighted by Gasteiger charge is -2.33. The third kappa shape index (κ3) is 3.92. The molecule has 1 aromatic rings. The highest BCUT2D eigenvalue weighted by Crippen LogP contribution is 2.37. The average Bonchev–Trinajstić information content (AvgIpc) is 2.13. The summed E-state index contributed by atoms with van der Waals surface area (Å²) in [6.45, 7) is 12.9. The second-order valence-electron chi connectivity index (χ2n) is 6.85. The van der Waals surface area contributed by atoms with Crippen LogP contribution in [0, 0.1) is 12.3 Å². The van der Waals surface area contributed by atoms with Crippen molar-refractivity contribution < 1.29 is 8.76 Å². The summed E-state index contributed by atoms with van der Waals surface area (Å²) in [4.78, 5) is 0.523. The van der Waals surface area contributed by atoms with Crippen LogP contribution in [0.15, 0.2) is 23.1 Å². The van der Waals surface area contributed by atoms with Gasteiger partial charge in [0.15, 0.2) is 11.1 Å². The van der Waals surface area contributed by atoms with Gasteiger partial charge in [0.2, 0.25) is 0 Å². The quantitative estimate of drug-likeness (QED) is 0.830. The van der Waals surface area contributed by atoms with E-state index in [0.717, 1.165) is 17.5 Å². The summed E-state index contributed by atoms with van der Waals surface area (Å²) in [5.74, 6) is 0. The van der Waals surface area contributed by atoms with Crippen molar-refractivity contribution in [2.24, 2.45) is 5.41 Å². The van der Waals surface area contributed by atoms with Crippen molar-refractivity contribution in [1.29, 1.82) is 0 Å². The van der Waals surface area contributed by atoms with Crippen molar-refractivity contribution in [2.45, 2.75) is 58.3 Å². The summed E-state index contributed by atoms with van der Waals surface area (Å²) < 4.78 is 20.6. The van der Waals surface area contributed by atoms with Crippen molar-refractivity contribution in [3.05, 3.63) is 29.3 Å². The van der Waals surface area contributed by atoms with Crippen LogP contribution in [-0.2, 0) is 16.5 Å². The van der Waals surface area contributed by atoms with E-state index in [1.165, 1.54) is 0 Å². The number of hydrogen-bond donors (Lipinski definition) is 1. The Morgan fingerprint density at radius 2 is 1.72 bits per heavy atom. The Hall–Kier alpha value is -0.670. The van der Waals surface area contributed by atoms with Gasteiger partial charge in [0.05, 0.1) is 4.90 Å². The minimum Gasteiger partial charge on any atom is -0.302 e. The van der Waals surface area contributed by atoms with E-state index in [9.17, 15) is 8.76 Å². The first-order chi connectivity index (χ1) is 8.03. The second kappa shape index (κ2) is 5.14. The molecule has 0 aromatic heterocycles. The maximum absolute atomic E-state index is 11.3. The van der Waals surface area contributed by atoms with Crippen LogP contribution < -0.4 is 0 Å². The van der Waals surface area contributed by atoms with Crippen LogP contribution in [0.3, 0.4) is 0 Å². The zero-order valence-electron chi connectivity index (χ0n) is 12.2. The number of benzene rings is 1. The van der Waals surface area contributed by atoms with Gasteiger partial charge in [0, 0.05) is 0 Å². The van der Waals surface area contributed by atoms with Crippen LogP contribution >= 0.6 is 0 Å². The number of aryl methyl sites for hydroxylation is 1. The highest BCUT2D eigenvalue weighted by molar-refractivity contribution is 7.79. The third-order valence-electron chi connectivity index (χ3n) is 3.13. The highest BCUT2D eigenvalue weighted by Gasteiger charge is 2.27. The molecular weight excluding hydrogens is 244 g/mol. The fourth-order valence-electron chi connectivity index (χ4n) is 2.64. The average molecular weight is 268 g/mol. The lowest BCUT2D eigenvalue weighted by molar-refractivity contribution is 0.284. The van der Waals surface area contributed by atoms with E-state index in [1.54, 1.807) is 0 Å². The predicted octanol–water partition coefficient (Wildman–Crippen LogP) is 4.29. The van der Waals surface area contributed by atoms with E-state index in [4.69, 9.17) is 0 Å². The first-order valence-electron chi connectivity index (χ1n) is 6.25. The summed E-state index contributed by atoms with van der Waals surface area (Å²) in [6, 6.07) is 5.87. The SMILES string of the molecule is Cc1ccc(C(C)(C)CC(C)(C)C)cc1S(=O)O. The molecule has 0 aliphatic carbocycles. The zero-order chi connectivity index (χ0) is 14.1. The first-order valence-corrected chi connectivity index (χ1v) is 7.36. The molecule has 102 valence electrons. The van der Waals surface area contributed by atoms with Crippen LogP contribution in [0.25, 0.3) is 0 Å². The monoisotopic (exact) mass is 268 g/mol. The molecule has 0 aliphatic rings. The minimum absolute atomic E-state index is 0.0000694. The highest BCUT2D eigenvalue weighted by atomic mass is 32.2. The van der Waals surface area contributed by atoms with Gasteiger partial charge in [0.25, 0.3) is 0 Å². The Kier molecular flexibility index (Phi) is 4.39. The Morgan fingerprint density at radius 3 is 2.17 bits per heavy atom. The first kappa shape index (κ1) is 15.4. The van der Waals surface area contributed by atoms with Gasteiger partial charge in [-0.3, -0.25) is 0 Å². The van der Waals surface area contributed by atoms with Crippen LogP contribution in [0.5, 0.6) is 0 Å². The Labute approximate surface area is 113 Å². The van der Waals surface area contributed by atoms with Crippen molar-refractivity contribution in [1.82, 2.24) is 0 Å². The molecule has 1 unspecified atom stereocenters. The fourth-order valence-corrected chi connectivity index (χ4v) is 3.21. The van der Waals surface area contributed by atoms with Gasteiger partial charge in [-0.2, -0.15) is 0 Å². The molecule has 0 fully saturated rings. The molecule has 0 amide bonds. The zero-order valence-corrected chi connectivity index (χ0v) is 13.0. The second-order valence-corrected chi connectivity index (χ2v) is 7.79. The smallest absolute Gasteiger partial charge is 0.186 e. The summed E-state index contributed by atoms with van der Waals surface area (Å²) in [7, 11) is 0. The van der Waals surface area contributed by atoms with Crippen LogP contribution in [0.4, 0.5) is 0 Å². The van der Waals surface area contributed by atoms with Gasteiger partial charge in [-0.1, -0.05) is 46.8 Å². The molecule has 0 saturated carbocycles. The predicted molar refractivity (Wildman–Crippen MR) is 77.3 cm³/mol. The van der Waals surface area contributed by atoms with E-state index in [0.29, 0.717) is 4.90 Å². The van der Waals surface area contributed by atoms with E-state index in [2.05, 4.69) is 40.7 Å². The van der Waals surface area contributed by atoms with Gasteiger partial charge in [-0.15, -0.1) is 0 Å². The van der Waals surface area contributed by atoms with Gasteiger partial charge >= 0.3 is 0 Å². The maximum atomic E-state index is 11.3. The molecule has 0 bridgehead atoms. The Balaban J connectivity index is 3.17. The summed E-state index contributed by atoms with van der Waals surface area (Å²) >= 11 is -1.91. The number of rotatable bonds is 3. The molecule has 0 saturated heterocycles. The van der Waals surface area contributed by atoms with Gasteiger partial charge in [-0.05, 0) is 41.4 Å². The maximum Gasteiger partial charge on any atom is 0.186 e. The van der Waals surface area contributed by atoms with Crippen molar-refractivity contribution in [2.75, 3.05) is 0 Å². The normalized spacial score (nSPS) is 14.6. The molecule has 0 aliphatic heterocycles. The molecule has 0 heterocycles. The van der Waals surface area contributed by atoms with Crippen molar-refractivity contribution in [3.8, 4) is 0 Å². The van der Waals surface area contributed by atoms with Crippen LogP contribution in [0.1, 0.15) is 52.2 Å². The Morgan fingerprint density at radius 1 is 1.17 bits per heavy atom. The summed E-state index contributed by atoms with van der Waals surface area (Å²) in [5, 5.41) is 0. The fraction of sp³-hybridized carbons (Fsp3) is 0.600.